The molecule has 60 valence electrons. The summed E-state index contributed by atoms with van der Waals surface area (Å²) in [6, 6.07) is 0. The van der Waals surface area contributed by atoms with Crippen molar-refractivity contribution in [1.82, 2.24) is 9.97 Å². The lowest BCUT2D eigenvalue weighted by molar-refractivity contribution is 1.00. The zero-order chi connectivity index (χ0) is 8.10. The standard InChI is InChI=1S/C6H9ClN4/c7-5-6(10-2-1-8)11-4-3-9-5/h3-4H,1-2,8H2,(H,10,11). The number of halogens is 1. The van der Waals surface area contributed by atoms with Gasteiger partial charge in [-0.25, -0.2) is 9.97 Å². The minimum absolute atomic E-state index is 0.376. The highest BCUT2D eigenvalue weighted by atomic mass is 35.5. The van der Waals surface area contributed by atoms with E-state index in [4.69, 9.17) is 17.3 Å². The fraction of sp³-hybridized carbons (Fsp3) is 0.333. The van der Waals surface area contributed by atoms with Crippen LogP contribution in [0.15, 0.2) is 12.4 Å². The molecule has 0 aliphatic heterocycles. The van der Waals surface area contributed by atoms with E-state index in [1.165, 1.54) is 6.20 Å². The summed E-state index contributed by atoms with van der Waals surface area (Å²) in [7, 11) is 0. The van der Waals surface area contributed by atoms with E-state index in [0.29, 0.717) is 24.1 Å². The lowest BCUT2D eigenvalue weighted by Crippen LogP contribution is -2.14. The average molecular weight is 173 g/mol. The molecular weight excluding hydrogens is 164 g/mol. The van der Waals surface area contributed by atoms with Gasteiger partial charge >= 0.3 is 0 Å². The van der Waals surface area contributed by atoms with Crippen LogP contribution in [-0.4, -0.2) is 23.1 Å². The Labute approximate surface area is 69.8 Å². The highest BCUT2D eigenvalue weighted by Crippen LogP contribution is 2.12. The van der Waals surface area contributed by atoms with Crippen LogP contribution in [-0.2, 0) is 0 Å². The van der Waals surface area contributed by atoms with Crippen LogP contribution in [0.1, 0.15) is 0 Å². The summed E-state index contributed by atoms with van der Waals surface area (Å²) in [6.07, 6.45) is 3.11. The summed E-state index contributed by atoms with van der Waals surface area (Å²) in [5.74, 6) is 0.583. The van der Waals surface area contributed by atoms with Crippen molar-refractivity contribution in [3.8, 4) is 0 Å². The smallest absolute Gasteiger partial charge is 0.171 e. The summed E-state index contributed by atoms with van der Waals surface area (Å²) in [5, 5.41) is 3.31. The maximum atomic E-state index is 5.68. The van der Waals surface area contributed by atoms with Gasteiger partial charge < -0.3 is 11.1 Å². The molecule has 1 heterocycles. The van der Waals surface area contributed by atoms with Crippen molar-refractivity contribution in [2.45, 2.75) is 0 Å². The fourth-order valence-electron chi connectivity index (χ4n) is 0.630. The molecule has 0 aromatic carbocycles. The molecule has 0 amide bonds. The van der Waals surface area contributed by atoms with Crippen molar-refractivity contribution in [2.24, 2.45) is 5.73 Å². The van der Waals surface area contributed by atoms with Crippen molar-refractivity contribution < 1.29 is 0 Å². The predicted molar refractivity (Wildman–Crippen MR) is 44.6 cm³/mol. The highest BCUT2D eigenvalue weighted by Gasteiger charge is 1.98. The molecule has 5 heteroatoms. The first-order valence-electron chi connectivity index (χ1n) is 3.25. The SMILES string of the molecule is NCCNc1nccnc1Cl. The van der Waals surface area contributed by atoms with Crippen LogP contribution in [0.4, 0.5) is 5.82 Å². The van der Waals surface area contributed by atoms with Gasteiger partial charge in [0.1, 0.15) is 0 Å². The van der Waals surface area contributed by atoms with E-state index in [1.807, 2.05) is 0 Å². The van der Waals surface area contributed by atoms with Crippen LogP contribution >= 0.6 is 11.6 Å². The second kappa shape index (κ2) is 4.10. The third-order valence-electron chi connectivity index (χ3n) is 1.09. The predicted octanol–water partition coefficient (Wildman–Crippen LogP) is 0.501. The Morgan fingerprint density at radius 3 is 2.82 bits per heavy atom. The quantitative estimate of drug-likeness (QED) is 0.697. The molecule has 11 heavy (non-hydrogen) atoms. The van der Waals surface area contributed by atoms with Crippen molar-refractivity contribution in [1.29, 1.82) is 0 Å². The first kappa shape index (κ1) is 8.23. The van der Waals surface area contributed by atoms with Crippen molar-refractivity contribution >= 4 is 17.4 Å². The van der Waals surface area contributed by atoms with Crippen LogP contribution < -0.4 is 11.1 Å². The molecule has 0 unspecified atom stereocenters. The van der Waals surface area contributed by atoms with Gasteiger partial charge in [-0.1, -0.05) is 11.6 Å². The molecule has 0 atom stereocenters. The molecule has 0 bridgehead atoms. The third-order valence-corrected chi connectivity index (χ3v) is 1.37. The average Bonchev–Trinajstić information content (AvgIpc) is 2.03. The molecule has 0 fully saturated rings. The summed E-state index contributed by atoms with van der Waals surface area (Å²) < 4.78 is 0. The molecule has 4 nitrogen and oxygen atoms in total. The third kappa shape index (κ3) is 2.32. The number of rotatable bonds is 3. The number of nitrogens with one attached hydrogen (secondary N) is 1. The maximum absolute atomic E-state index is 5.68. The van der Waals surface area contributed by atoms with Crippen molar-refractivity contribution in [2.75, 3.05) is 18.4 Å². The Morgan fingerprint density at radius 1 is 1.45 bits per heavy atom. The Balaban J connectivity index is 2.62. The topological polar surface area (TPSA) is 63.8 Å². The fourth-order valence-corrected chi connectivity index (χ4v) is 0.802. The first-order chi connectivity index (χ1) is 5.34. The summed E-state index contributed by atoms with van der Waals surface area (Å²) in [4.78, 5) is 7.79. The van der Waals surface area contributed by atoms with E-state index in [2.05, 4.69) is 15.3 Å². The molecule has 3 N–H and O–H groups in total. The maximum Gasteiger partial charge on any atom is 0.171 e. The van der Waals surface area contributed by atoms with Crippen LogP contribution in [0.2, 0.25) is 5.15 Å². The molecule has 0 saturated heterocycles. The molecule has 1 aromatic rings. The zero-order valence-electron chi connectivity index (χ0n) is 5.92. The van der Waals surface area contributed by atoms with Gasteiger partial charge in [0, 0.05) is 25.5 Å². The lowest BCUT2D eigenvalue weighted by atomic mass is 10.6. The van der Waals surface area contributed by atoms with E-state index in [-0.39, 0.29) is 0 Å². The second-order valence-electron chi connectivity index (χ2n) is 1.91. The zero-order valence-corrected chi connectivity index (χ0v) is 6.67. The van der Waals surface area contributed by atoms with Gasteiger partial charge in [-0.15, -0.1) is 0 Å². The molecule has 0 radical (unpaired) electrons. The number of hydrogen-bond acceptors (Lipinski definition) is 4. The van der Waals surface area contributed by atoms with Crippen LogP contribution in [0.5, 0.6) is 0 Å². The Hall–Kier alpha value is -0.870. The Morgan fingerprint density at radius 2 is 2.18 bits per heavy atom. The van der Waals surface area contributed by atoms with E-state index in [9.17, 15) is 0 Å². The van der Waals surface area contributed by atoms with Crippen LogP contribution in [0, 0.1) is 0 Å². The summed E-state index contributed by atoms with van der Waals surface area (Å²) >= 11 is 5.68. The van der Waals surface area contributed by atoms with Crippen LogP contribution in [0.25, 0.3) is 0 Å². The van der Waals surface area contributed by atoms with Crippen molar-refractivity contribution in [3.05, 3.63) is 17.5 Å². The molecule has 1 rings (SSSR count). The number of hydrogen-bond donors (Lipinski definition) is 2. The molecular formula is C6H9ClN4. The summed E-state index contributed by atoms with van der Waals surface area (Å²) in [5.41, 5.74) is 5.27. The van der Waals surface area contributed by atoms with Gasteiger partial charge in [0.05, 0.1) is 0 Å². The van der Waals surface area contributed by atoms with E-state index < -0.39 is 0 Å². The summed E-state index contributed by atoms with van der Waals surface area (Å²) in [6.45, 7) is 1.20. The van der Waals surface area contributed by atoms with E-state index in [0.717, 1.165) is 0 Å². The molecule has 0 saturated carbocycles. The van der Waals surface area contributed by atoms with Crippen LogP contribution in [0.3, 0.4) is 0 Å². The second-order valence-corrected chi connectivity index (χ2v) is 2.27. The lowest BCUT2D eigenvalue weighted by Gasteiger charge is -2.02. The Bertz CT molecular complexity index is 228. The van der Waals surface area contributed by atoms with Gasteiger partial charge in [0.15, 0.2) is 11.0 Å². The monoisotopic (exact) mass is 172 g/mol. The largest absolute Gasteiger partial charge is 0.366 e. The molecule has 0 spiro atoms. The molecule has 1 aromatic heterocycles. The first-order valence-corrected chi connectivity index (χ1v) is 3.63. The van der Waals surface area contributed by atoms with Gasteiger partial charge in [0.2, 0.25) is 0 Å². The minimum Gasteiger partial charge on any atom is -0.366 e. The van der Waals surface area contributed by atoms with Gasteiger partial charge in [-0.2, -0.15) is 0 Å². The number of aromatic nitrogens is 2. The molecule has 0 aliphatic rings. The van der Waals surface area contributed by atoms with Gasteiger partial charge in [-0.3, -0.25) is 0 Å². The normalized spacial score (nSPS) is 9.64. The number of nitrogens with two attached hydrogens (primary N) is 1. The number of nitrogens with zero attached hydrogens (tertiary/aromatic N) is 2. The van der Waals surface area contributed by atoms with E-state index >= 15 is 0 Å². The Kier molecular flexibility index (Phi) is 3.07. The minimum atomic E-state index is 0.376. The van der Waals surface area contributed by atoms with Gasteiger partial charge in [0.25, 0.3) is 0 Å². The highest BCUT2D eigenvalue weighted by molar-refractivity contribution is 6.31. The van der Waals surface area contributed by atoms with Gasteiger partial charge in [-0.05, 0) is 0 Å². The van der Waals surface area contributed by atoms with E-state index in [1.54, 1.807) is 6.20 Å². The number of anilines is 1. The molecule has 0 aliphatic carbocycles. The van der Waals surface area contributed by atoms with Crippen molar-refractivity contribution in [3.63, 3.8) is 0 Å².